The number of fused-ring (bicyclic) bond motifs is 2. The molecule has 5 rings (SSSR count). The Morgan fingerprint density at radius 3 is 2.38 bits per heavy atom. The molecule has 0 spiro atoms. The molecule has 0 N–H and O–H groups in total. The van der Waals surface area contributed by atoms with Crippen LogP contribution in [0, 0.1) is 5.92 Å². The van der Waals surface area contributed by atoms with Crippen molar-refractivity contribution < 1.29 is 4.79 Å². The van der Waals surface area contributed by atoms with Crippen molar-refractivity contribution in [3.05, 3.63) is 78.5 Å². The Kier molecular flexibility index (Phi) is 6.54. The SMILES string of the molecule is CC(C)C(=O)N1CCN(Cc2cccc3c2ccn3-c2ccc3ccccc3c2)CC1.Cl. The molecule has 4 nitrogen and oxygen atoms in total. The maximum absolute atomic E-state index is 12.3. The second kappa shape index (κ2) is 9.35. The predicted molar refractivity (Wildman–Crippen MR) is 135 cm³/mol. The smallest absolute Gasteiger partial charge is 0.225 e. The largest absolute Gasteiger partial charge is 0.340 e. The summed E-state index contributed by atoms with van der Waals surface area (Å²) in [6.07, 6.45) is 2.18. The highest BCUT2D eigenvalue weighted by molar-refractivity contribution is 5.88. The van der Waals surface area contributed by atoms with Crippen LogP contribution in [0.2, 0.25) is 0 Å². The molecule has 166 valence electrons. The minimum atomic E-state index is 0. The topological polar surface area (TPSA) is 28.5 Å². The summed E-state index contributed by atoms with van der Waals surface area (Å²) in [5, 5.41) is 3.82. The molecular weight excluding hydrogens is 418 g/mol. The molecule has 4 aromatic rings. The third-order valence-corrected chi connectivity index (χ3v) is 6.41. The van der Waals surface area contributed by atoms with Crippen molar-refractivity contribution in [2.45, 2.75) is 20.4 Å². The van der Waals surface area contributed by atoms with Crippen LogP contribution in [0.3, 0.4) is 0 Å². The Balaban J connectivity index is 0.00000245. The number of rotatable bonds is 4. The minimum absolute atomic E-state index is 0. The number of piperazine rings is 1. The first-order valence-electron chi connectivity index (χ1n) is 11.2. The van der Waals surface area contributed by atoms with Crippen LogP contribution in [0.15, 0.2) is 72.9 Å². The van der Waals surface area contributed by atoms with E-state index in [0.717, 1.165) is 32.7 Å². The van der Waals surface area contributed by atoms with E-state index in [1.165, 1.54) is 32.9 Å². The molecule has 0 saturated carbocycles. The molecule has 1 amide bonds. The van der Waals surface area contributed by atoms with Gasteiger partial charge in [0.1, 0.15) is 0 Å². The molecular formula is C27H30ClN3O. The summed E-state index contributed by atoms with van der Waals surface area (Å²) in [5.74, 6) is 0.351. The molecule has 1 saturated heterocycles. The third kappa shape index (κ3) is 4.25. The van der Waals surface area contributed by atoms with Gasteiger partial charge in [0.25, 0.3) is 0 Å². The predicted octanol–water partition coefficient (Wildman–Crippen LogP) is 5.51. The first-order valence-corrected chi connectivity index (χ1v) is 11.2. The summed E-state index contributed by atoms with van der Waals surface area (Å²) >= 11 is 0. The maximum Gasteiger partial charge on any atom is 0.225 e. The second-order valence-corrected chi connectivity index (χ2v) is 8.82. The molecule has 0 radical (unpaired) electrons. The number of aromatic nitrogens is 1. The standard InChI is InChI=1S/C27H29N3O.ClH/c1-20(2)27(31)29-16-14-28(15-17-29)19-23-8-5-9-26-25(23)12-13-30(26)24-11-10-21-6-3-4-7-22(21)18-24;/h3-13,18,20H,14-17,19H2,1-2H3;1H. The van der Waals surface area contributed by atoms with Crippen LogP contribution < -0.4 is 0 Å². The molecule has 1 aromatic heterocycles. The van der Waals surface area contributed by atoms with Crippen LogP contribution in [0.4, 0.5) is 0 Å². The average molecular weight is 448 g/mol. The average Bonchev–Trinajstić information content (AvgIpc) is 3.24. The maximum atomic E-state index is 12.3. The van der Waals surface area contributed by atoms with Crippen molar-refractivity contribution in [3.63, 3.8) is 0 Å². The van der Waals surface area contributed by atoms with Gasteiger partial charge in [-0.15, -0.1) is 12.4 Å². The number of halogens is 1. The van der Waals surface area contributed by atoms with Gasteiger partial charge in [-0.1, -0.05) is 56.3 Å². The van der Waals surface area contributed by atoms with E-state index in [-0.39, 0.29) is 24.2 Å². The van der Waals surface area contributed by atoms with E-state index in [1.54, 1.807) is 0 Å². The van der Waals surface area contributed by atoms with Crippen molar-refractivity contribution >= 4 is 40.0 Å². The fourth-order valence-corrected chi connectivity index (χ4v) is 4.65. The van der Waals surface area contributed by atoms with Crippen LogP contribution in [0.5, 0.6) is 0 Å². The van der Waals surface area contributed by atoms with Gasteiger partial charge >= 0.3 is 0 Å². The summed E-state index contributed by atoms with van der Waals surface area (Å²) in [6, 6.07) is 24.0. The lowest BCUT2D eigenvalue weighted by Gasteiger charge is -2.35. The lowest BCUT2D eigenvalue weighted by molar-refractivity contribution is -0.136. The summed E-state index contributed by atoms with van der Waals surface area (Å²) in [7, 11) is 0. The lowest BCUT2D eigenvalue weighted by atomic mass is 10.1. The molecule has 1 aliphatic heterocycles. The van der Waals surface area contributed by atoms with E-state index >= 15 is 0 Å². The molecule has 3 aromatic carbocycles. The molecule has 1 fully saturated rings. The van der Waals surface area contributed by atoms with E-state index in [2.05, 4.69) is 82.4 Å². The highest BCUT2D eigenvalue weighted by Crippen LogP contribution is 2.27. The number of hydrogen-bond acceptors (Lipinski definition) is 2. The van der Waals surface area contributed by atoms with E-state index in [0.29, 0.717) is 0 Å². The highest BCUT2D eigenvalue weighted by Gasteiger charge is 2.23. The summed E-state index contributed by atoms with van der Waals surface area (Å²) in [5.41, 5.74) is 3.77. The molecule has 1 aliphatic rings. The molecule has 0 atom stereocenters. The summed E-state index contributed by atoms with van der Waals surface area (Å²) in [4.78, 5) is 16.7. The first-order chi connectivity index (χ1) is 15.1. The third-order valence-electron chi connectivity index (χ3n) is 6.41. The van der Waals surface area contributed by atoms with Gasteiger partial charge in [-0.05, 0) is 40.6 Å². The molecule has 2 heterocycles. The molecule has 32 heavy (non-hydrogen) atoms. The van der Waals surface area contributed by atoms with Gasteiger partial charge in [-0.3, -0.25) is 9.69 Å². The number of nitrogens with zero attached hydrogens (tertiary/aromatic N) is 3. The minimum Gasteiger partial charge on any atom is -0.340 e. The second-order valence-electron chi connectivity index (χ2n) is 8.82. The van der Waals surface area contributed by atoms with Crippen LogP contribution in [-0.4, -0.2) is 46.5 Å². The quantitative estimate of drug-likeness (QED) is 0.413. The number of amides is 1. The van der Waals surface area contributed by atoms with Gasteiger partial charge in [-0.25, -0.2) is 0 Å². The Morgan fingerprint density at radius 1 is 0.875 bits per heavy atom. The molecule has 0 unspecified atom stereocenters. The van der Waals surface area contributed by atoms with Crippen molar-refractivity contribution in [3.8, 4) is 5.69 Å². The number of carbonyl (C=O) groups excluding carboxylic acids is 1. The van der Waals surface area contributed by atoms with Gasteiger partial charge in [-0.2, -0.15) is 0 Å². The van der Waals surface area contributed by atoms with Gasteiger partial charge in [0, 0.05) is 55.9 Å². The molecule has 0 bridgehead atoms. The highest BCUT2D eigenvalue weighted by atomic mass is 35.5. The van der Waals surface area contributed by atoms with Crippen molar-refractivity contribution in [2.75, 3.05) is 26.2 Å². The zero-order chi connectivity index (χ0) is 21.4. The van der Waals surface area contributed by atoms with E-state index in [4.69, 9.17) is 0 Å². The number of hydrogen-bond donors (Lipinski definition) is 0. The Labute approximate surface area is 195 Å². The van der Waals surface area contributed by atoms with Crippen molar-refractivity contribution in [1.82, 2.24) is 14.4 Å². The Bertz CT molecular complexity index is 1240. The van der Waals surface area contributed by atoms with Crippen LogP contribution in [0.25, 0.3) is 27.4 Å². The summed E-state index contributed by atoms with van der Waals surface area (Å²) in [6.45, 7) is 8.39. The van der Waals surface area contributed by atoms with Crippen molar-refractivity contribution in [1.29, 1.82) is 0 Å². The molecule has 0 aliphatic carbocycles. The van der Waals surface area contributed by atoms with Crippen molar-refractivity contribution in [2.24, 2.45) is 5.92 Å². The summed E-state index contributed by atoms with van der Waals surface area (Å²) < 4.78 is 2.28. The van der Waals surface area contributed by atoms with Crippen LogP contribution in [-0.2, 0) is 11.3 Å². The van der Waals surface area contributed by atoms with E-state index in [1.807, 2.05) is 18.7 Å². The number of benzene rings is 3. The Morgan fingerprint density at radius 2 is 1.62 bits per heavy atom. The number of carbonyl (C=O) groups is 1. The Hall–Kier alpha value is -2.82. The zero-order valence-corrected chi connectivity index (χ0v) is 19.5. The fourth-order valence-electron chi connectivity index (χ4n) is 4.65. The van der Waals surface area contributed by atoms with Gasteiger partial charge < -0.3 is 9.47 Å². The van der Waals surface area contributed by atoms with Gasteiger partial charge in [0.05, 0.1) is 5.52 Å². The van der Waals surface area contributed by atoms with E-state index in [9.17, 15) is 4.79 Å². The van der Waals surface area contributed by atoms with Crippen LogP contribution >= 0.6 is 12.4 Å². The zero-order valence-electron chi connectivity index (χ0n) is 18.7. The monoisotopic (exact) mass is 447 g/mol. The normalized spacial score (nSPS) is 14.8. The lowest BCUT2D eigenvalue weighted by Crippen LogP contribution is -2.49. The fraction of sp³-hybridized carbons (Fsp3) is 0.296. The van der Waals surface area contributed by atoms with Gasteiger partial charge in [0.15, 0.2) is 0 Å². The molecule has 5 heteroatoms. The first kappa shape index (κ1) is 22.4. The van der Waals surface area contributed by atoms with E-state index < -0.39 is 0 Å². The van der Waals surface area contributed by atoms with Gasteiger partial charge in [0.2, 0.25) is 5.91 Å². The van der Waals surface area contributed by atoms with Crippen LogP contribution in [0.1, 0.15) is 19.4 Å².